The minimum absolute atomic E-state index is 0.282. The summed E-state index contributed by atoms with van der Waals surface area (Å²) in [6.07, 6.45) is 7.74. The van der Waals surface area contributed by atoms with Crippen LogP contribution in [0.15, 0.2) is 72.0 Å². The lowest BCUT2D eigenvalue weighted by molar-refractivity contribution is 0.0384. The SMILES string of the molecule is CS(=O)(=O)c1cccc(-c2cnn3cc(-c4ccc(CCN5CCOCC5)cc4)cnc23)c1. The average Bonchev–Trinajstić information content (AvgIpc) is 3.27. The van der Waals surface area contributed by atoms with E-state index in [0.29, 0.717) is 5.65 Å². The van der Waals surface area contributed by atoms with Gasteiger partial charge in [-0.2, -0.15) is 5.10 Å². The van der Waals surface area contributed by atoms with Gasteiger partial charge >= 0.3 is 0 Å². The summed E-state index contributed by atoms with van der Waals surface area (Å²) in [6.45, 7) is 4.72. The van der Waals surface area contributed by atoms with Crippen molar-refractivity contribution in [2.75, 3.05) is 39.1 Å². The minimum Gasteiger partial charge on any atom is -0.379 e. The Kier molecular flexibility index (Phi) is 5.97. The maximum atomic E-state index is 11.9. The topological polar surface area (TPSA) is 76.8 Å². The normalized spacial score (nSPS) is 15.2. The maximum absolute atomic E-state index is 11.9. The number of benzene rings is 2. The molecule has 0 radical (unpaired) electrons. The second-order valence-corrected chi connectivity index (χ2v) is 10.4. The van der Waals surface area contributed by atoms with E-state index in [9.17, 15) is 8.42 Å². The molecule has 1 fully saturated rings. The summed E-state index contributed by atoms with van der Waals surface area (Å²) in [7, 11) is -3.28. The molecule has 0 unspecified atom stereocenters. The molecule has 7 nitrogen and oxygen atoms in total. The Labute approximate surface area is 193 Å². The van der Waals surface area contributed by atoms with Crippen molar-refractivity contribution >= 4 is 15.5 Å². The number of morpholine rings is 1. The Morgan fingerprint density at radius 3 is 2.52 bits per heavy atom. The van der Waals surface area contributed by atoms with Gasteiger partial charge in [0.05, 0.1) is 24.3 Å². The highest BCUT2D eigenvalue weighted by molar-refractivity contribution is 7.90. The smallest absolute Gasteiger partial charge is 0.175 e. The maximum Gasteiger partial charge on any atom is 0.175 e. The Morgan fingerprint density at radius 1 is 0.970 bits per heavy atom. The summed E-state index contributed by atoms with van der Waals surface area (Å²) in [6, 6.07) is 15.5. The Balaban J connectivity index is 1.35. The van der Waals surface area contributed by atoms with E-state index in [1.807, 2.05) is 18.5 Å². The third-order valence-electron chi connectivity index (χ3n) is 6.04. The van der Waals surface area contributed by atoms with Gasteiger partial charge in [0.15, 0.2) is 15.5 Å². The average molecular weight is 463 g/mol. The van der Waals surface area contributed by atoms with Crippen LogP contribution in [0.2, 0.25) is 0 Å². The van der Waals surface area contributed by atoms with Crippen molar-refractivity contribution in [3.63, 3.8) is 0 Å². The summed E-state index contributed by atoms with van der Waals surface area (Å²) in [4.78, 5) is 7.36. The third kappa shape index (κ3) is 4.83. The number of rotatable bonds is 6. The lowest BCUT2D eigenvalue weighted by atomic mass is 10.0. The Morgan fingerprint density at radius 2 is 1.76 bits per heavy atom. The highest BCUT2D eigenvalue weighted by Gasteiger charge is 2.13. The fourth-order valence-electron chi connectivity index (χ4n) is 4.10. The van der Waals surface area contributed by atoms with Gasteiger partial charge in [0.1, 0.15) is 0 Å². The van der Waals surface area contributed by atoms with Gasteiger partial charge in [-0.25, -0.2) is 17.9 Å². The van der Waals surface area contributed by atoms with Crippen LogP contribution in [-0.2, 0) is 21.0 Å². The summed E-state index contributed by atoms with van der Waals surface area (Å²) in [5, 5.41) is 4.46. The number of hydrogen-bond donors (Lipinski definition) is 0. The number of aromatic nitrogens is 3. The lowest BCUT2D eigenvalue weighted by Crippen LogP contribution is -2.37. The van der Waals surface area contributed by atoms with Crippen LogP contribution in [0, 0.1) is 0 Å². The van der Waals surface area contributed by atoms with Gasteiger partial charge in [0.25, 0.3) is 0 Å². The van der Waals surface area contributed by atoms with Crippen molar-refractivity contribution in [3.05, 3.63) is 72.7 Å². The monoisotopic (exact) mass is 462 g/mol. The van der Waals surface area contributed by atoms with Crippen LogP contribution in [0.4, 0.5) is 0 Å². The molecule has 8 heteroatoms. The van der Waals surface area contributed by atoms with Crippen molar-refractivity contribution in [1.29, 1.82) is 0 Å². The summed E-state index contributed by atoms with van der Waals surface area (Å²) < 4.78 is 31.0. The number of sulfone groups is 1. The van der Waals surface area contributed by atoms with Crippen molar-refractivity contribution in [1.82, 2.24) is 19.5 Å². The van der Waals surface area contributed by atoms with Gasteiger partial charge in [0, 0.05) is 49.4 Å². The van der Waals surface area contributed by atoms with E-state index in [0.717, 1.165) is 61.5 Å². The molecule has 0 atom stereocenters. The first-order chi connectivity index (χ1) is 16.0. The van der Waals surface area contributed by atoms with Gasteiger partial charge in [0.2, 0.25) is 0 Å². The first-order valence-corrected chi connectivity index (χ1v) is 12.9. The van der Waals surface area contributed by atoms with E-state index in [1.54, 1.807) is 28.9 Å². The van der Waals surface area contributed by atoms with Crippen LogP contribution in [0.1, 0.15) is 5.56 Å². The molecule has 5 rings (SSSR count). The van der Waals surface area contributed by atoms with Crippen molar-refractivity contribution in [3.8, 4) is 22.3 Å². The van der Waals surface area contributed by atoms with E-state index < -0.39 is 9.84 Å². The predicted molar refractivity (Wildman–Crippen MR) is 128 cm³/mol. The molecular formula is C25H26N4O3S. The molecule has 0 spiro atoms. The second kappa shape index (κ2) is 9.05. The van der Waals surface area contributed by atoms with Crippen LogP contribution in [0.25, 0.3) is 27.9 Å². The number of nitrogens with zero attached hydrogens (tertiary/aromatic N) is 4. The van der Waals surface area contributed by atoms with Gasteiger partial charge in [-0.05, 0) is 35.2 Å². The Hall–Kier alpha value is -3.07. The molecule has 170 valence electrons. The van der Waals surface area contributed by atoms with Crippen LogP contribution >= 0.6 is 0 Å². The highest BCUT2D eigenvalue weighted by Crippen LogP contribution is 2.27. The van der Waals surface area contributed by atoms with E-state index >= 15 is 0 Å². The zero-order valence-electron chi connectivity index (χ0n) is 18.5. The molecule has 2 aromatic heterocycles. The molecular weight excluding hydrogens is 436 g/mol. The molecule has 2 aromatic carbocycles. The van der Waals surface area contributed by atoms with Crippen LogP contribution in [0.5, 0.6) is 0 Å². The largest absolute Gasteiger partial charge is 0.379 e. The highest BCUT2D eigenvalue weighted by atomic mass is 32.2. The molecule has 0 N–H and O–H groups in total. The zero-order chi connectivity index (χ0) is 22.8. The van der Waals surface area contributed by atoms with Gasteiger partial charge < -0.3 is 4.74 Å². The van der Waals surface area contributed by atoms with Crippen LogP contribution < -0.4 is 0 Å². The third-order valence-corrected chi connectivity index (χ3v) is 7.15. The summed E-state index contributed by atoms with van der Waals surface area (Å²) in [5.41, 5.74) is 5.62. The first-order valence-electron chi connectivity index (χ1n) is 11.0. The quantitative estimate of drug-likeness (QED) is 0.437. The first kappa shape index (κ1) is 21.8. The van der Waals surface area contributed by atoms with E-state index in [2.05, 4.69) is 39.2 Å². The molecule has 33 heavy (non-hydrogen) atoms. The van der Waals surface area contributed by atoms with Crippen molar-refractivity contribution < 1.29 is 13.2 Å². The Bertz CT molecular complexity index is 1370. The molecule has 0 bridgehead atoms. The number of hydrogen-bond acceptors (Lipinski definition) is 6. The molecule has 1 aliphatic rings. The molecule has 0 saturated carbocycles. The van der Waals surface area contributed by atoms with Crippen LogP contribution in [-0.4, -0.2) is 67.0 Å². The van der Waals surface area contributed by atoms with Crippen LogP contribution in [0.3, 0.4) is 0 Å². The molecule has 1 saturated heterocycles. The predicted octanol–water partition coefficient (Wildman–Crippen LogP) is 3.34. The van der Waals surface area contributed by atoms with Crippen molar-refractivity contribution in [2.24, 2.45) is 0 Å². The fraction of sp³-hybridized carbons (Fsp3) is 0.280. The van der Waals surface area contributed by atoms with Gasteiger partial charge in [-0.3, -0.25) is 4.90 Å². The van der Waals surface area contributed by atoms with E-state index in [-0.39, 0.29) is 4.90 Å². The van der Waals surface area contributed by atoms with E-state index in [4.69, 9.17) is 4.74 Å². The standard InChI is InChI=1S/C25H26N4O3S/c1-33(30,31)23-4-2-3-21(15-23)24-17-27-29-18-22(16-26-25(24)29)20-7-5-19(6-8-20)9-10-28-11-13-32-14-12-28/h2-8,15-18H,9-14H2,1H3. The molecule has 0 aliphatic carbocycles. The fourth-order valence-corrected chi connectivity index (χ4v) is 4.76. The van der Waals surface area contributed by atoms with Gasteiger partial charge in [-0.1, -0.05) is 36.4 Å². The summed E-state index contributed by atoms with van der Waals surface area (Å²) in [5.74, 6) is 0. The lowest BCUT2D eigenvalue weighted by Gasteiger charge is -2.26. The number of ether oxygens (including phenoxy) is 1. The minimum atomic E-state index is -3.28. The second-order valence-electron chi connectivity index (χ2n) is 8.37. The number of fused-ring (bicyclic) bond motifs is 1. The summed E-state index contributed by atoms with van der Waals surface area (Å²) >= 11 is 0. The van der Waals surface area contributed by atoms with E-state index in [1.165, 1.54) is 11.8 Å². The molecule has 1 aliphatic heterocycles. The zero-order valence-corrected chi connectivity index (χ0v) is 19.3. The molecule has 0 amide bonds. The van der Waals surface area contributed by atoms with Crippen molar-refractivity contribution in [2.45, 2.75) is 11.3 Å². The van der Waals surface area contributed by atoms with Gasteiger partial charge in [-0.15, -0.1) is 0 Å². The molecule has 3 heterocycles. The molecule has 4 aromatic rings.